The molecule has 0 aromatic heterocycles. The van der Waals surface area contributed by atoms with Crippen LogP contribution in [0.3, 0.4) is 0 Å². The van der Waals surface area contributed by atoms with Gasteiger partial charge in [0, 0.05) is 24.1 Å². The summed E-state index contributed by atoms with van der Waals surface area (Å²) in [4.78, 5) is 28.4. The topological polar surface area (TPSA) is 37.4 Å². The number of halogens is 3. The van der Waals surface area contributed by atoms with Gasteiger partial charge in [0.1, 0.15) is 12.1 Å². The molecule has 1 heterocycles. The van der Waals surface area contributed by atoms with Gasteiger partial charge < -0.3 is 0 Å². The maximum atomic E-state index is 13.9. The molecule has 0 N–H and O–H groups in total. The van der Waals surface area contributed by atoms with Crippen LogP contribution in [-0.2, 0) is 13.0 Å². The summed E-state index contributed by atoms with van der Waals surface area (Å²) in [7, 11) is 1.56. The van der Waals surface area contributed by atoms with Gasteiger partial charge in [-0.25, -0.2) is 18.4 Å². The average molecular weight is 452 g/mol. The van der Waals surface area contributed by atoms with Gasteiger partial charge in [-0.2, -0.15) is 0 Å². The fourth-order valence-electron chi connectivity index (χ4n) is 3.67. The molecule has 0 saturated carbocycles. The number of hydrogen-bond acceptors (Lipinski definition) is 2. The van der Waals surface area contributed by atoms with Crippen LogP contribution in [0.15, 0.2) is 66.7 Å². The second-order valence-corrected chi connectivity index (χ2v) is 7.91. The summed E-state index contributed by atoms with van der Waals surface area (Å²) in [5, 5.41) is 0.586. The van der Waals surface area contributed by atoms with Gasteiger partial charge in [-0.05, 0) is 47.9 Å². The second kappa shape index (κ2) is 8.54. The van der Waals surface area contributed by atoms with Gasteiger partial charge >= 0.3 is 11.9 Å². The zero-order valence-electron chi connectivity index (χ0n) is 17.1. The minimum absolute atomic E-state index is 0.235. The number of hydrogen-bond donors (Lipinski definition) is 0. The minimum atomic E-state index is -1.06. The average Bonchev–Trinajstić information content (AvgIpc) is 2.80. The van der Waals surface area contributed by atoms with E-state index in [9.17, 15) is 18.4 Å². The molecule has 4 nitrogen and oxygen atoms in total. The number of amides is 3. The van der Waals surface area contributed by atoms with Crippen molar-refractivity contribution in [3.63, 3.8) is 0 Å². The van der Waals surface area contributed by atoms with Crippen LogP contribution >= 0.6 is 11.6 Å². The molecule has 3 aromatic rings. The highest BCUT2D eigenvalue weighted by molar-refractivity contribution is 6.30. The first-order valence-electron chi connectivity index (χ1n) is 9.80. The van der Waals surface area contributed by atoms with Crippen molar-refractivity contribution in [2.24, 2.45) is 0 Å². The van der Waals surface area contributed by atoms with Crippen LogP contribution in [0.2, 0.25) is 5.02 Å². The van der Waals surface area contributed by atoms with Crippen LogP contribution in [0.4, 0.5) is 19.3 Å². The van der Waals surface area contributed by atoms with E-state index < -0.39 is 28.1 Å². The number of fused-ring (bicyclic) bond motifs is 1. The van der Waals surface area contributed by atoms with E-state index in [4.69, 9.17) is 11.6 Å². The summed E-state index contributed by atoms with van der Waals surface area (Å²) in [6.07, 6.45) is 0.279. The number of nitrogens with zero attached hydrogens (tertiary/aromatic N) is 2. The molecule has 32 heavy (non-hydrogen) atoms. The molecule has 1 unspecified atom stereocenters. The largest absolute Gasteiger partial charge is 0.444 e. The van der Waals surface area contributed by atoms with Crippen LogP contribution in [0.25, 0.3) is 0 Å². The number of anilines is 1. The SMILES string of the molecule is CN1C(=O)[N+](C#CCc2ccc(Cl)cc2)(Cc2ccc(F)c(F)c2)C(=O)c2ccccc21. The van der Waals surface area contributed by atoms with Gasteiger partial charge in [0.25, 0.3) is 0 Å². The Morgan fingerprint density at radius 1 is 0.938 bits per heavy atom. The van der Waals surface area contributed by atoms with Crippen molar-refractivity contribution >= 4 is 29.2 Å². The number of para-hydroxylation sites is 1. The zero-order valence-corrected chi connectivity index (χ0v) is 17.9. The van der Waals surface area contributed by atoms with Crippen molar-refractivity contribution in [3.8, 4) is 12.0 Å². The van der Waals surface area contributed by atoms with Gasteiger partial charge in [-0.3, -0.25) is 4.90 Å². The lowest BCUT2D eigenvalue weighted by molar-refractivity contribution is -0.708. The summed E-state index contributed by atoms with van der Waals surface area (Å²) >= 11 is 5.91. The van der Waals surface area contributed by atoms with Crippen LogP contribution in [0, 0.1) is 23.6 Å². The molecule has 0 saturated heterocycles. The van der Waals surface area contributed by atoms with E-state index in [2.05, 4.69) is 12.0 Å². The first-order valence-corrected chi connectivity index (χ1v) is 10.2. The number of carbonyl (C=O) groups is 2. The van der Waals surface area contributed by atoms with Gasteiger partial charge in [-0.1, -0.05) is 46.4 Å². The van der Waals surface area contributed by atoms with Gasteiger partial charge in [0.15, 0.2) is 17.7 Å². The number of urea groups is 1. The van der Waals surface area contributed by atoms with E-state index >= 15 is 0 Å². The highest BCUT2D eigenvalue weighted by Crippen LogP contribution is 2.33. The zero-order chi connectivity index (χ0) is 22.9. The fourth-order valence-corrected chi connectivity index (χ4v) is 3.79. The number of benzene rings is 3. The highest BCUT2D eigenvalue weighted by Gasteiger charge is 2.52. The number of imide groups is 1. The Morgan fingerprint density at radius 2 is 1.62 bits per heavy atom. The molecule has 3 aromatic carbocycles. The van der Waals surface area contributed by atoms with Crippen LogP contribution in [0.1, 0.15) is 21.5 Å². The summed E-state index contributed by atoms with van der Waals surface area (Å²) in [5.74, 6) is 0.355. The monoisotopic (exact) mass is 451 g/mol. The normalized spacial score (nSPS) is 17.6. The Bertz CT molecular complexity index is 1280. The Kier molecular flexibility index (Phi) is 5.79. The van der Waals surface area contributed by atoms with E-state index in [1.807, 2.05) is 0 Å². The maximum Gasteiger partial charge on any atom is 0.444 e. The molecule has 7 heteroatoms. The Hall–Kier alpha value is -3.53. The molecule has 0 radical (unpaired) electrons. The molecule has 1 atom stereocenters. The fraction of sp³-hybridized carbons (Fsp3) is 0.120. The van der Waals surface area contributed by atoms with Crippen LogP contribution in [-0.4, -0.2) is 23.5 Å². The first kappa shape index (κ1) is 21.7. The van der Waals surface area contributed by atoms with Crippen molar-refractivity contribution in [1.29, 1.82) is 0 Å². The lowest BCUT2D eigenvalue weighted by Crippen LogP contribution is -2.61. The van der Waals surface area contributed by atoms with Crippen molar-refractivity contribution in [2.45, 2.75) is 13.0 Å². The molecule has 1 aliphatic rings. The van der Waals surface area contributed by atoms with Crippen molar-refractivity contribution in [1.82, 2.24) is 0 Å². The predicted molar refractivity (Wildman–Crippen MR) is 118 cm³/mol. The highest BCUT2D eigenvalue weighted by atomic mass is 35.5. The van der Waals surface area contributed by atoms with E-state index in [-0.39, 0.29) is 18.5 Å². The van der Waals surface area contributed by atoms with Gasteiger partial charge in [0.05, 0.1) is 5.69 Å². The summed E-state index contributed by atoms with van der Waals surface area (Å²) in [6, 6.07) is 19.4. The number of rotatable bonds is 3. The Balaban J connectivity index is 1.80. The molecule has 0 fully saturated rings. The summed E-state index contributed by atoms with van der Waals surface area (Å²) < 4.78 is 26.4. The second-order valence-electron chi connectivity index (χ2n) is 7.47. The molecule has 3 amide bonds. The molecule has 0 aliphatic carbocycles. The third-order valence-corrected chi connectivity index (χ3v) is 5.59. The molecule has 1 aliphatic heterocycles. The molecular formula is C25H18ClF2N2O2+. The third-order valence-electron chi connectivity index (χ3n) is 5.34. The van der Waals surface area contributed by atoms with Crippen LogP contribution < -0.4 is 4.90 Å². The number of carbonyl (C=O) groups excluding carboxylic acids is 2. The molecule has 0 bridgehead atoms. The third kappa shape index (κ3) is 3.89. The van der Waals surface area contributed by atoms with Crippen molar-refractivity contribution < 1.29 is 22.9 Å². The van der Waals surface area contributed by atoms with E-state index in [0.29, 0.717) is 16.3 Å². The van der Waals surface area contributed by atoms with Gasteiger partial charge in [-0.15, -0.1) is 0 Å². The first-order chi connectivity index (χ1) is 15.3. The summed E-state index contributed by atoms with van der Waals surface area (Å²) in [5.41, 5.74) is 1.94. The number of quaternary nitrogens is 1. The lowest BCUT2D eigenvalue weighted by atomic mass is 10.0. The standard InChI is InChI=1S/C25H18ClF2N2O2/c1-29-23-7-3-2-6-20(23)24(31)30(25(29)32,16-18-10-13-21(27)22(28)15-18)14-4-5-17-8-11-19(26)12-9-17/h2-3,6-13,15H,5,16H2,1H3/q+1. The van der Waals surface area contributed by atoms with Gasteiger partial charge in [0.2, 0.25) is 0 Å². The lowest BCUT2D eigenvalue weighted by Gasteiger charge is -2.35. The Morgan fingerprint density at radius 3 is 2.34 bits per heavy atom. The maximum absolute atomic E-state index is 13.9. The Labute approximate surface area is 189 Å². The molecule has 0 spiro atoms. The van der Waals surface area contributed by atoms with Crippen LogP contribution in [0.5, 0.6) is 0 Å². The predicted octanol–water partition coefficient (Wildman–Crippen LogP) is 5.55. The minimum Gasteiger partial charge on any atom is -0.263 e. The van der Waals surface area contributed by atoms with E-state index in [1.54, 1.807) is 55.6 Å². The summed E-state index contributed by atoms with van der Waals surface area (Å²) in [6.45, 7) is -0.235. The molecular weight excluding hydrogens is 434 g/mol. The van der Waals surface area contributed by atoms with E-state index in [1.165, 1.54) is 11.0 Å². The molecule has 4 rings (SSSR count). The van der Waals surface area contributed by atoms with Crippen molar-refractivity contribution in [2.75, 3.05) is 11.9 Å². The quantitative estimate of drug-likeness (QED) is 0.387. The van der Waals surface area contributed by atoms with E-state index in [0.717, 1.165) is 17.7 Å². The molecule has 160 valence electrons. The smallest absolute Gasteiger partial charge is 0.263 e. The van der Waals surface area contributed by atoms with Crippen molar-refractivity contribution in [3.05, 3.63) is 100 Å².